The van der Waals surface area contributed by atoms with Crippen molar-refractivity contribution in [3.63, 3.8) is 0 Å². The van der Waals surface area contributed by atoms with E-state index in [4.69, 9.17) is 0 Å². The van der Waals surface area contributed by atoms with Gasteiger partial charge in [0.2, 0.25) is 0 Å². The lowest BCUT2D eigenvalue weighted by Gasteiger charge is -2.32. The molecule has 3 nitrogen and oxygen atoms in total. The van der Waals surface area contributed by atoms with E-state index in [1.54, 1.807) is 0 Å². The molecule has 0 N–H and O–H groups in total. The molecule has 0 radical (unpaired) electrons. The monoisotopic (exact) mass is 1480 g/mol. The Kier molecular flexibility index (Phi) is 15.2. The van der Waals surface area contributed by atoms with Gasteiger partial charge in [0, 0.05) is 56.6 Å². The molecule has 5 aliphatic carbocycles. The van der Waals surface area contributed by atoms with E-state index in [1.807, 2.05) is 0 Å². The molecule has 0 heterocycles. The lowest BCUT2D eigenvalue weighted by Crippen LogP contribution is -2.26. The first-order valence-electron chi connectivity index (χ1n) is 40.5. The molecular formula is C113H77N3. The van der Waals surface area contributed by atoms with Crippen molar-refractivity contribution in [2.24, 2.45) is 0 Å². The topological polar surface area (TPSA) is 9.72 Å². The molecule has 0 aliphatic heterocycles. The van der Waals surface area contributed by atoms with Crippen LogP contribution in [-0.4, -0.2) is 0 Å². The highest BCUT2D eigenvalue weighted by atomic mass is 15.2. The van der Waals surface area contributed by atoms with Gasteiger partial charge in [0.05, 0.1) is 10.8 Å². The highest BCUT2D eigenvalue weighted by Gasteiger charge is 2.54. The molecule has 0 unspecified atom stereocenters. The van der Waals surface area contributed by atoms with Crippen molar-refractivity contribution >= 4 is 51.2 Å². The second-order valence-corrected chi connectivity index (χ2v) is 32.1. The summed E-state index contributed by atoms with van der Waals surface area (Å²) >= 11 is 0. The largest absolute Gasteiger partial charge is 0.311 e. The van der Waals surface area contributed by atoms with Crippen LogP contribution in [0.1, 0.15) is 69.5 Å². The molecule has 116 heavy (non-hydrogen) atoms. The summed E-state index contributed by atoms with van der Waals surface area (Å²) in [7, 11) is 0. The molecule has 3 heteroatoms. The van der Waals surface area contributed by atoms with Crippen LogP contribution in [0.25, 0.3) is 100 Å². The van der Waals surface area contributed by atoms with Crippen molar-refractivity contribution in [2.45, 2.75) is 30.1 Å². The first kappa shape index (κ1) is 67.1. The number of anilines is 9. The molecule has 0 aromatic heterocycles. The van der Waals surface area contributed by atoms with Crippen molar-refractivity contribution in [3.05, 3.63) is 486 Å². The van der Waals surface area contributed by atoms with Gasteiger partial charge in [-0.05, 0) is 283 Å². The summed E-state index contributed by atoms with van der Waals surface area (Å²) in [6, 6.07) is 162. The molecule has 0 bridgehead atoms. The van der Waals surface area contributed by atoms with Gasteiger partial charge in [0.15, 0.2) is 0 Å². The van der Waals surface area contributed by atoms with Crippen LogP contribution in [-0.2, 0) is 16.2 Å². The zero-order valence-electron chi connectivity index (χ0n) is 64.3. The number of rotatable bonds is 13. The minimum Gasteiger partial charge on any atom is -0.311 e. The number of fused-ring (bicyclic) bond motifs is 23. The third-order valence-electron chi connectivity index (χ3n) is 25.9. The summed E-state index contributed by atoms with van der Waals surface area (Å²) in [6.45, 7) is 4.79. The van der Waals surface area contributed by atoms with Gasteiger partial charge in [-0.2, -0.15) is 0 Å². The van der Waals surface area contributed by atoms with E-state index in [2.05, 4.69) is 459 Å². The molecule has 18 aromatic carbocycles. The van der Waals surface area contributed by atoms with Gasteiger partial charge in [-0.3, -0.25) is 0 Å². The molecule has 2 spiro atoms. The average molecular weight is 1480 g/mol. The van der Waals surface area contributed by atoms with Crippen molar-refractivity contribution in [3.8, 4) is 100 Å². The predicted octanol–water partition coefficient (Wildman–Crippen LogP) is 29.8. The van der Waals surface area contributed by atoms with Crippen LogP contribution in [0.5, 0.6) is 0 Å². The van der Waals surface area contributed by atoms with E-state index in [0.717, 1.165) is 79.0 Å². The van der Waals surface area contributed by atoms with E-state index in [0.29, 0.717) is 0 Å². The molecule has 544 valence electrons. The van der Waals surface area contributed by atoms with Gasteiger partial charge in [0.25, 0.3) is 0 Å². The second kappa shape index (κ2) is 26.2. The van der Waals surface area contributed by atoms with Crippen molar-refractivity contribution < 1.29 is 0 Å². The number of benzene rings is 18. The fourth-order valence-corrected chi connectivity index (χ4v) is 20.8. The van der Waals surface area contributed by atoms with Gasteiger partial charge in [-0.25, -0.2) is 0 Å². The Hall–Kier alpha value is -14.6. The number of para-hydroxylation sites is 4. The van der Waals surface area contributed by atoms with Gasteiger partial charge < -0.3 is 14.7 Å². The maximum atomic E-state index is 2.53. The molecule has 0 amide bonds. The minimum atomic E-state index is -0.692. The zero-order valence-corrected chi connectivity index (χ0v) is 64.3. The van der Waals surface area contributed by atoms with Crippen molar-refractivity contribution in [1.82, 2.24) is 0 Å². The van der Waals surface area contributed by atoms with E-state index in [1.165, 1.54) is 128 Å². The third-order valence-corrected chi connectivity index (χ3v) is 25.9. The Balaban J connectivity index is 0.671. The van der Waals surface area contributed by atoms with Crippen LogP contribution in [0.3, 0.4) is 0 Å². The molecule has 0 atom stereocenters. The summed E-state index contributed by atoms with van der Waals surface area (Å²) in [5.41, 5.74) is 43.7. The van der Waals surface area contributed by atoms with Gasteiger partial charge in [0.1, 0.15) is 0 Å². The fraction of sp³-hybridized carbons (Fsp3) is 0.0442. The number of nitrogens with zero attached hydrogens (tertiary/aromatic N) is 3. The van der Waals surface area contributed by atoms with Crippen LogP contribution in [0, 0.1) is 0 Å². The van der Waals surface area contributed by atoms with Crippen molar-refractivity contribution in [1.29, 1.82) is 0 Å². The first-order valence-corrected chi connectivity index (χ1v) is 40.5. The average Bonchev–Trinajstić information content (AvgIpc) is 1.50. The highest BCUT2D eigenvalue weighted by molar-refractivity contribution is 6.03. The van der Waals surface area contributed by atoms with Crippen LogP contribution in [0.2, 0.25) is 0 Å². The van der Waals surface area contributed by atoms with Crippen molar-refractivity contribution in [2.75, 3.05) is 14.7 Å². The van der Waals surface area contributed by atoms with Gasteiger partial charge in [-0.15, -0.1) is 0 Å². The number of hydrogen-bond donors (Lipinski definition) is 0. The molecule has 18 aromatic rings. The smallest absolute Gasteiger partial charge is 0.0726 e. The van der Waals surface area contributed by atoms with Crippen LogP contribution < -0.4 is 14.7 Å². The van der Waals surface area contributed by atoms with Crippen LogP contribution >= 0.6 is 0 Å². The Morgan fingerprint density at radius 3 is 0.897 bits per heavy atom. The van der Waals surface area contributed by atoms with Crippen LogP contribution in [0.15, 0.2) is 431 Å². The second-order valence-electron chi connectivity index (χ2n) is 32.1. The standard InChI is InChI=1S/C113H77N3/c1-111(2)100-46-20-15-40-91(100)95-66-62-88(72-106(95)111)116(89-63-67-98-94-43-18-23-49-103(94)112(109(98)73-89)101-47-21-16-41-92(101)93-42-17-22-48-102(93)112)87-39-26-29-77(69-87)76-28-25-30-80(68-76)90-45-27-51-105-110(90)99-44-19-24-50-104(99)113(105)107-70-78(74-52-58-85(59-53-74)114(81-31-7-3-8-32-81)82-33-9-4-10-34-82)56-64-96(107)97-65-57-79(71-108(97)113)75-54-60-86(61-55-75)115(83-35-11-5-12-36-83)84-37-13-6-14-38-84/h3-73H,1-2H3. The Morgan fingerprint density at radius 2 is 0.414 bits per heavy atom. The molecule has 23 rings (SSSR count). The zero-order chi connectivity index (χ0) is 76.8. The maximum absolute atomic E-state index is 2.53. The fourth-order valence-electron chi connectivity index (χ4n) is 20.8. The van der Waals surface area contributed by atoms with Crippen LogP contribution in [0.4, 0.5) is 51.2 Å². The molecule has 0 saturated heterocycles. The van der Waals surface area contributed by atoms with Gasteiger partial charge >= 0.3 is 0 Å². The summed E-state index contributed by atoms with van der Waals surface area (Å²) in [5.74, 6) is 0. The van der Waals surface area contributed by atoms with E-state index in [9.17, 15) is 0 Å². The Morgan fingerprint density at radius 1 is 0.147 bits per heavy atom. The summed E-state index contributed by atoms with van der Waals surface area (Å²) < 4.78 is 0. The maximum Gasteiger partial charge on any atom is 0.0726 e. The first-order chi connectivity index (χ1) is 57.3. The highest BCUT2D eigenvalue weighted by Crippen LogP contribution is 2.67. The molecule has 5 aliphatic rings. The Labute approximate surface area is 677 Å². The Bertz CT molecular complexity index is 6660. The SMILES string of the molecule is CC1(C)c2ccccc2-c2ccc(N(c3cccc(-c4cccc(-c5cccc6c5-c5ccccc5C65c6cc(-c7ccc(N(c8ccccc8)c8ccccc8)cc7)ccc6-c6ccc(-c7ccc(N(c8ccccc8)c8ccccc8)cc7)cc65)c4)c3)c3ccc4c(c3)C3(c5ccccc5-c5ccccc53)c3ccccc3-4)cc21. The normalized spacial score (nSPS) is 13.6. The van der Waals surface area contributed by atoms with E-state index >= 15 is 0 Å². The summed E-state index contributed by atoms with van der Waals surface area (Å²) in [5, 5.41) is 0. The van der Waals surface area contributed by atoms with Gasteiger partial charge in [-0.1, -0.05) is 317 Å². The molecule has 0 saturated carbocycles. The summed E-state index contributed by atoms with van der Waals surface area (Å²) in [6.07, 6.45) is 0. The third kappa shape index (κ3) is 9.98. The lowest BCUT2D eigenvalue weighted by atomic mass is 9.69. The molecule has 0 fully saturated rings. The number of hydrogen-bond acceptors (Lipinski definition) is 3. The quantitative estimate of drug-likeness (QED) is 0.114. The van der Waals surface area contributed by atoms with E-state index < -0.39 is 10.8 Å². The lowest BCUT2D eigenvalue weighted by molar-refractivity contribution is 0.660. The summed E-state index contributed by atoms with van der Waals surface area (Å²) in [4.78, 5) is 7.21. The molecular weight excluding hydrogens is 1400 g/mol. The minimum absolute atomic E-state index is 0.212. The predicted molar refractivity (Wildman–Crippen MR) is 482 cm³/mol. The van der Waals surface area contributed by atoms with E-state index in [-0.39, 0.29) is 5.41 Å².